The second-order valence-corrected chi connectivity index (χ2v) is 4.61. The molecule has 0 radical (unpaired) electrons. The zero-order valence-corrected chi connectivity index (χ0v) is 11.3. The molecule has 0 aliphatic rings. The lowest BCUT2D eigenvalue weighted by molar-refractivity contribution is 0.630. The third-order valence-corrected chi connectivity index (χ3v) is 3.23. The summed E-state index contributed by atoms with van der Waals surface area (Å²) in [7, 11) is 3.77. The molecule has 0 amide bonds. The van der Waals surface area contributed by atoms with Gasteiger partial charge in [-0.15, -0.1) is 0 Å². The van der Waals surface area contributed by atoms with Crippen LogP contribution >= 0.6 is 11.6 Å². The summed E-state index contributed by atoms with van der Waals surface area (Å²) in [6, 6.07) is 4.51. The zero-order valence-electron chi connectivity index (χ0n) is 10.6. The lowest BCUT2D eigenvalue weighted by Gasteiger charge is -2.03. The van der Waals surface area contributed by atoms with Gasteiger partial charge < -0.3 is 9.88 Å². The molecule has 5 heteroatoms. The van der Waals surface area contributed by atoms with Crippen LogP contribution < -0.4 is 5.32 Å². The smallest absolute Gasteiger partial charge is 0.132 e. The van der Waals surface area contributed by atoms with Crippen molar-refractivity contribution in [2.75, 3.05) is 7.05 Å². The normalized spacial score (nSPS) is 10.9. The number of hydrogen-bond acceptors (Lipinski definition) is 2. The summed E-state index contributed by atoms with van der Waals surface area (Å²) in [5, 5.41) is 3.55. The molecule has 0 saturated carbocycles. The Hall–Kier alpha value is -1.39. The summed E-state index contributed by atoms with van der Waals surface area (Å²) in [6.45, 7) is 2.56. The minimum atomic E-state index is -0.309. The van der Waals surface area contributed by atoms with Crippen LogP contribution in [0.3, 0.4) is 0 Å². The molecule has 0 fully saturated rings. The van der Waals surface area contributed by atoms with Crippen molar-refractivity contribution in [2.45, 2.75) is 13.5 Å². The van der Waals surface area contributed by atoms with Crippen LogP contribution in [0.2, 0.25) is 5.02 Å². The SMILES string of the molecule is CNCc1nc(-c2cc(Cl)ccc2F)c(C)n1C. The van der Waals surface area contributed by atoms with Crippen LogP contribution in [0.1, 0.15) is 11.5 Å². The summed E-state index contributed by atoms with van der Waals surface area (Å²) < 4.78 is 15.8. The van der Waals surface area contributed by atoms with E-state index in [0.29, 0.717) is 22.8 Å². The Morgan fingerprint density at radius 1 is 1.44 bits per heavy atom. The Labute approximate surface area is 111 Å². The van der Waals surface area contributed by atoms with Crippen molar-refractivity contribution in [2.24, 2.45) is 7.05 Å². The second-order valence-electron chi connectivity index (χ2n) is 4.18. The van der Waals surface area contributed by atoms with Crippen molar-refractivity contribution >= 4 is 11.6 Å². The fourth-order valence-electron chi connectivity index (χ4n) is 1.89. The monoisotopic (exact) mass is 267 g/mol. The molecule has 0 saturated heterocycles. The molecule has 18 heavy (non-hydrogen) atoms. The topological polar surface area (TPSA) is 29.9 Å². The van der Waals surface area contributed by atoms with Crippen LogP contribution in [0, 0.1) is 12.7 Å². The van der Waals surface area contributed by atoms with E-state index in [2.05, 4.69) is 10.3 Å². The van der Waals surface area contributed by atoms with E-state index in [0.717, 1.165) is 11.5 Å². The van der Waals surface area contributed by atoms with Gasteiger partial charge in [0.15, 0.2) is 0 Å². The van der Waals surface area contributed by atoms with Crippen molar-refractivity contribution < 1.29 is 4.39 Å². The van der Waals surface area contributed by atoms with Crippen LogP contribution in [0.15, 0.2) is 18.2 Å². The molecule has 0 unspecified atom stereocenters. The van der Waals surface area contributed by atoms with Gasteiger partial charge in [-0.05, 0) is 32.2 Å². The van der Waals surface area contributed by atoms with Gasteiger partial charge in [-0.3, -0.25) is 0 Å². The summed E-state index contributed by atoms with van der Waals surface area (Å²) in [4.78, 5) is 4.47. The molecule has 0 bridgehead atoms. The highest BCUT2D eigenvalue weighted by Gasteiger charge is 2.15. The lowest BCUT2D eigenvalue weighted by atomic mass is 10.1. The maximum absolute atomic E-state index is 13.8. The molecule has 1 heterocycles. The average Bonchev–Trinajstić information content (AvgIpc) is 2.61. The standard InChI is InChI=1S/C13H15ClFN3/c1-8-13(17-12(7-16-2)18(8)3)10-6-9(14)4-5-11(10)15/h4-6,16H,7H2,1-3H3. The van der Waals surface area contributed by atoms with Crippen LogP contribution in [-0.4, -0.2) is 16.6 Å². The van der Waals surface area contributed by atoms with Gasteiger partial charge in [-0.25, -0.2) is 9.37 Å². The van der Waals surface area contributed by atoms with Crippen LogP contribution in [0.25, 0.3) is 11.3 Å². The zero-order chi connectivity index (χ0) is 13.3. The first-order valence-electron chi connectivity index (χ1n) is 5.66. The molecule has 96 valence electrons. The number of nitrogens with zero attached hydrogens (tertiary/aromatic N) is 2. The van der Waals surface area contributed by atoms with Crippen LogP contribution in [0.5, 0.6) is 0 Å². The molecule has 0 atom stereocenters. The Kier molecular flexibility index (Phi) is 3.68. The van der Waals surface area contributed by atoms with E-state index >= 15 is 0 Å². The lowest BCUT2D eigenvalue weighted by Crippen LogP contribution is -2.10. The number of nitrogens with one attached hydrogen (secondary N) is 1. The van der Waals surface area contributed by atoms with Crippen molar-refractivity contribution in [3.05, 3.63) is 40.6 Å². The van der Waals surface area contributed by atoms with Crippen molar-refractivity contribution in [3.63, 3.8) is 0 Å². The Balaban J connectivity index is 2.57. The fraction of sp³-hybridized carbons (Fsp3) is 0.308. The predicted octanol–water partition coefficient (Wildman–Crippen LogP) is 2.91. The maximum Gasteiger partial charge on any atom is 0.132 e. The highest BCUT2D eigenvalue weighted by Crippen LogP contribution is 2.28. The molecular formula is C13H15ClFN3. The molecule has 3 nitrogen and oxygen atoms in total. The minimum absolute atomic E-state index is 0.309. The van der Waals surface area contributed by atoms with E-state index in [1.807, 2.05) is 25.6 Å². The van der Waals surface area contributed by atoms with Crippen molar-refractivity contribution in [1.82, 2.24) is 14.9 Å². The van der Waals surface area contributed by atoms with Crippen molar-refractivity contribution in [3.8, 4) is 11.3 Å². The average molecular weight is 268 g/mol. The predicted molar refractivity (Wildman–Crippen MR) is 71.1 cm³/mol. The second kappa shape index (κ2) is 5.08. The molecule has 0 aliphatic heterocycles. The number of imidazole rings is 1. The van der Waals surface area contributed by atoms with Gasteiger partial charge in [-0.2, -0.15) is 0 Å². The van der Waals surface area contributed by atoms with Gasteiger partial charge in [0.2, 0.25) is 0 Å². The van der Waals surface area contributed by atoms with Gasteiger partial charge in [0.25, 0.3) is 0 Å². The van der Waals surface area contributed by atoms with E-state index in [1.54, 1.807) is 6.07 Å². The number of hydrogen-bond donors (Lipinski definition) is 1. The Morgan fingerprint density at radius 2 is 2.17 bits per heavy atom. The van der Waals surface area contributed by atoms with Gasteiger partial charge >= 0.3 is 0 Å². The Morgan fingerprint density at radius 3 is 2.83 bits per heavy atom. The molecule has 0 aliphatic carbocycles. The first-order chi connectivity index (χ1) is 8.54. The largest absolute Gasteiger partial charge is 0.334 e. The number of aromatic nitrogens is 2. The van der Waals surface area contributed by atoms with Gasteiger partial charge in [0.1, 0.15) is 11.6 Å². The molecule has 0 spiro atoms. The molecule has 2 aromatic rings. The first-order valence-corrected chi connectivity index (χ1v) is 6.04. The van der Waals surface area contributed by atoms with E-state index in [-0.39, 0.29) is 5.82 Å². The molecule has 2 rings (SSSR count). The third kappa shape index (κ3) is 2.26. The highest BCUT2D eigenvalue weighted by atomic mass is 35.5. The van der Waals surface area contributed by atoms with Gasteiger partial charge in [-0.1, -0.05) is 11.6 Å². The molecule has 1 aromatic carbocycles. The molecule has 1 N–H and O–H groups in total. The van der Waals surface area contributed by atoms with Gasteiger partial charge in [0.05, 0.1) is 12.2 Å². The van der Waals surface area contributed by atoms with Crippen LogP contribution in [-0.2, 0) is 13.6 Å². The van der Waals surface area contributed by atoms with E-state index < -0.39 is 0 Å². The molecule has 1 aromatic heterocycles. The number of halogens is 2. The van der Waals surface area contributed by atoms with Crippen LogP contribution in [0.4, 0.5) is 4.39 Å². The third-order valence-electron chi connectivity index (χ3n) is 2.99. The number of benzene rings is 1. The maximum atomic E-state index is 13.8. The summed E-state index contributed by atoms with van der Waals surface area (Å²) >= 11 is 5.91. The van der Waals surface area contributed by atoms with Crippen molar-refractivity contribution in [1.29, 1.82) is 0 Å². The van der Waals surface area contributed by atoms with Gasteiger partial charge in [0, 0.05) is 23.3 Å². The minimum Gasteiger partial charge on any atom is -0.334 e. The summed E-state index contributed by atoms with van der Waals surface area (Å²) in [5.41, 5.74) is 2.00. The van der Waals surface area contributed by atoms with E-state index in [4.69, 9.17) is 11.6 Å². The number of rotatable bonds is 3. The quantitative estimate of drug-likeness (QED) is 0.927. The first kappa shape index (κ1) is 13.1. The summed E-state index contributed by atoms with van der Waals surface area (Å²) in [6.07, 6.45) is 0. The summed E-state index contributed by atoms with van der Waals surface area (Å²) in [5.74, 6) is 0.556. The van der Waals surface area contributed by atoms with E-state index in [1.165, 1.54) is 12.1 Å². The highest BCUT2D eigenvalue weighted by molar-refractivity contribution is 6.30. The molecular weight excluding hydrogens is 253 g/mol. The Bertz CT molecular complexity index is 578. The van der Waals surface area contributed by atoms with E-state index in [9.17, 15) is 4.39 Å². The fourth-order valence-corrected chi connectivity index (χ4v) is 2.06.